The highest BCUT2D eigenvalue weighted by Crippen LogP contribution is 2.25. The van der Waals surface area contributed by atoms with Crippen LogP contribution in [-0.2, 0) is 13.0 Å². The van der Waals surface area contributed by atoms with Crippen molar-refractivity contribution in [1.82, 2.24) is 0 Å². The molecular formula is C17H20FN. The van der Waals surface area contributed by atoms with Gasteiger partial charge in [-0.2, -0.15) is 0 Å². The van der Waals surface area contributed by atoms with Crippen molar-refractivity contribution in [3.8, 4) is 11.1 Å². The molecule has 100 valence electrons. The molecule has 0 bridgehead atoms. The van der Waals surface area contributed by atoms with Gasteiger partial charge >= 0.3 is 0 Å². The summed E-state index contributed by atoms with van der Waals surface area (Å²) in [6, 6.07) is 13.2. The summed E-state index contributed by atoms with van der Waals surface area (Å²) < 4.78 is 13.9. The number of benzene rings is 2. The van der Waals surface area contributed by atoms with E-state index in [1.165, 1.54) is 11.6 Å². The van der Waals surface area contributed by atoms with Crippen LogP contribution in [0.2, 0.25) is 0 Å². The number of hydrogen-bond donors (Lipinski definition) is 1. The minimum absolute atomic E-state index is 0.200. The topological polar surface area (TPSA) is 26.0 Å². The molecule has 0 aliphatic rings. The van der Waals surface area contributed by atoms with Gasteiger partial charge in [0, 0.05) is 12.1 Å². The molecule has 0 heterocycles. The summed E-state index contributed by atoms with van der Waals surface area (Å²) in [7, 11) is 0. The molecule has 0 saturated carbocycles. The van der Waals surface area contributed by atoms with Crippen molar-refractivity contribution in [2.45, 2.75) is 26.8 Å². The minimum Gasteiger partial charge on any atom is -0.326 e. The van der Waals surface area contributed by atoms with Crippen molar-refractivity contribution < 1.29 is 4.39 Å². The van der Waals surface area contributed by atoms with Gasteiger partial charge in [-0.3, -0.25) is 0 Å². The highest BCUT2D eigenvalue weighted by molar-refractivity contribution is 5.65. The van der Waals surface area contributed by atoms with Crippen LogP contribution >= 0.6 is 0 Å². The van der Waals surface area contributed by atoms with Gasteiger partial charge in [-0.05, 0) is 41.2 Å². The summed E-state index contributed by atoms with van der Waals surface area (Å²) >= 11 is 0. The van der Waals surface area contributed by atoms with Crippen molar-refractivity contribution >= 4 is 0 Å². The van der Waals surface area contributed by atoms with Gasteiger partial charge in [0.15, 0.2) is 0 Å². The van der Waals surface area contributed by atoms with Crippen LogP contribution in [-0.4, -0.2) is 0 Å². The first kappa shape index (κ1) is 13.8. The van der Waals surface area contributed by atoms with Gasteiger partial charge in [-0.25, -0.2) is 4.39 Å². The lowest BCUT2D eigenvalue weighted by Gasteiger charge is -2.08. The fourth-order valence-corrected chi connectivity index (χ4v) is 2.21. The fourth-order valence-electron chi connectivity index (χ4n) is 2.21. The number of rotatable bonds is 4. The van der Waals surface area contributed by atoms with Crippen LogP contribution in [0.3, 0.4) is 0 Å². The standard InChI is InChI=1S/C17H20FN/c1-12(2)9-13-3-6-15(7-4-13)16-10-14(11-19)5-8-17(16)18/h3-8,10,12H,9,11,19H2,1-2H3. The van der Waals surface area contributed by atoms with Gasteiger partial charge in [0.1, 0.15) is 5.82 Å². The molecular weight excluding hydrogens is 237 g/mol. The Morgan fingerprint density at radius 3 is 2.21 bits per heavy atom. The highest BCUT2D eigenvalue weighted by atomic mass is 19.1. The Hall–Kier alpha value is -1.67. The SMILES string of the molecule is CC(C)Cc1ccc(-c2cc(CN)ccc2F)cc1. The summed E-state index contributed by atoms with van der Waals surface area (Å²) in [5.41, 5.74) is 9.36. The summed E-state index contributed by atoms with van der Waals surface area (Å²) in [4.78, 5) is 0. The van der Waals surface area contributed by atoms with E-state index in [2.05, 4.69) is 26.0 Å². The third-order valence-corrected chi connectivity index (χ3v) is 3.18. The lowest BCUT2D eigenvalue weighted by atomic mass is 9.98. The Bertz CT molecular complexity index is 544. The second-order valence-electron chi connectivity index (χ2n) is 5.31. The number of nitrogens with two attached hydrogens (primary N) is 1. The van der Waals surface area contributed by atoms with Gasteiger partial charge in [0.25, 0.3) is 0 Å². The lowest BCUT2D eigenvalue weighted by molar-refractivity contribution is 0.630. The van der Waals surface area contributed by atoms with Gasteiger partial charge in [0.05, 0.1) is 0 Å². The molecule has 0 unspecified atom stereocenters. The first-order valence-corrected chi connectivity index (χ1v) is 6.68. The zero-order valence-corrected chi connectivity index (χ0v) is 11.5. The molecule has 0 aliphatic heterocycles. The Labute approximate surface area is 114 Å². The predicted molar refractivity (Wildman–Crippen MR) is 78.3 cm³/mol. The molecule has 0 fully saturated rings. The predicted octanol–water partition coefficient (Wildman–Crippen LogP) is 4.15. The second kappa shape index (κ2) is 5.98. The molecule has 2 aromatic carbocycles. The van der Waals surface area contributed by atoms with Crippen LogP contribution < -0.4 is 5.73 Å². The van der Waals surface area contributed by atoms with E-state index in [9.17, 15) is 4.39 Å². The van der Waals surface area contributed by atoms with E-state index in [4.69, 9.17) is 5.73 Å². The van der Waals surface area contributed by atoms with Crippen molar-refractivity contribution in [1.29, 1.82) is 0 Å². The molecule has 0 saturated heterocycles. The number of hydrogen-bond acceptors (Lipinski definition) is 1. The van der Waals surface area contributed by atoms with Gasteiger partial charge in [-0.1, -0.05) is 44.2 Å². The second-order valence-corrected chi connectivity index (χ2v) is 5.31. The molecule has 2 N–H and O–H groups in total. The van der Waals surface area contributed by atoms with Crippen LogP contribution in [0.4, 0.5) is 4.39 Å². The number of halogens is 1. The summed E-state index contributed by atoms with van der Waals surface area (Å²) in [6.07, 6.45) is 1.05. The normalized spacial score (nSPS) is 11.0. The Kier molecular flexibility index (Phi) is 4.33. The van der Waals surface area contributed by atoms with Crippen molar-refractivity contribution in [3.63, 3.8) is 0 Å². The fraction of sp³-hybridized carbons (Fsp3) is 0.294. The highest BCUT2D eigenvalue weighted by Gasteiger charge is 2.06. The Morgan fingerprint density at radius 1 is 1.00 bits per heavy atom. The lowest BCUT2D eigenvalue weighted by Crippen LogP contribution is -1.97. The minimum atomic E-state index is -0.200. The molecule has 0 aromatic heterocycles. The zero-order valence-electron chi connectivity index (χ0n) is 11.5. The van der Waals surface area contributed by atoms with E-state index < -0.39 is 0 Å². The van der Waals surface area contributed by atoms with E-state index in [0.717, 1.165) is 17.5 Å². The van der Waals surface area contributed by atoms with Gasteiger partial charge in [-0.15, -0.1) is 0 Å². The molecule has 0 aliphatic carbocycles. The van der Waals surface area contributed by atoms with Crippen LogP contribution in [0.15, 0.2) is 42.5 Å². The average Bonchev–Trinajstić information content (AvgIpc) is 2.40. The van der Waals surface area contributed by atoms with Crippen molar-refractivity contribution in [2.24, 2.45) is 11.7 Å². The molecule has 2 rings (SSSR count). The Balaban J connectivity index is 2.31. The van der Waals surface area contributed by atoms with E-state index in [0.29, 0.717) is 18.0 Å². The van der Waals surface area contributed by atoms with E-state index in [1.54, 1.807) is 6.07 Å². The molecule has 19 heavy (non-hydrogen) atoms. The maximum absolute atomic E-state index is 13.9. The first-order chi connectivity index (χ1) is 9.10. The molecule has 0 radical (unpaired) electrons. The zero-order chi connectivity index (χ0) is 13.8. The van der Waals surface area contributed by atoms with Crippen LogP contribution in [0.1, 0.15) is 25.0 Å². The van der Waals surface area contributed by atoms with Crippen LogP contribution in [0, 0.1) is 11.7 Å². The molecule has 1 nitrogen and oxygen atoms in total. The van der Waals surface area contributed by atoms with Gasteiger partial charge < -0.3 is 5.73 Å². The average molecular weight is 257 g/mol. The third kappa shape index (κ3) is 3.42. The van der Waals surface area contributed by atoms with E-state index in [1.807, 2.05) is 18.2 Å². The summed E-state index contributed by atoms with van der Waals surface area (Å²) in [5.74, 6) is 0.428. The molecule has 2 heteroatoms. The van der Waals surface area contributed by atoms with Gasteiger partial charge in [0.2, 0.25) is 0 Å². The molecule has 0 amide bonds. The van der Waals surface area contributed by atoms with Crippen LogP contribution in [0.25, 0.3) is 11.1 Å². The third-order valence-electron chi connectivity index (χ3n) is 3.18. The molecule has 2 aromatic rings. The van der Waals surface area contributed by atoms with E-state index >= 15 is 0 Å². The molecule has 0 spiro atoms. The quantitative estimate of drug-likeness (QED) is 0.874. The summed E-state index contributed by atoms with van der Waals surface area (Å²) in [5, 5.41) is 0. The summed E-state index contributed by atoms with van der Waals surface area (Å²) in [6.45, 7) is 4.81. The van der Waals surface area contributed by atoms with Crippen molar-refractivity contribution in [3.05, 3.63) is 59.4 Å². The van der Waals surface area contributed by atoms with Crippen molar-refractivity contribution in [2.75, 3.05) is 0 Å². The monoisotopic (exact) mass is 257 g/mol. The van der Waals surface area contributed by atoms with E-state index in [-0.39, 0.29) is 5.82 Å². The maximum Gasteiger partial charge on any atom is 0.131 e. The maximum atomic E-state index is 13.9. The Morgan fingerprint density at radius 2 is 1.63 bits per heavy atom. The molecule has 0 atom stereocenters. The van der Waals surface area contributed by atoms with Crippen LogP contribution in [0.5, 0.6) is 0 Å². The smallest absolute Gasteiger partial charge is 0.131 e. The largest absolute Gasteiger partial charge is 0.326 e. The first-order valence-electron chi connectivity index (χ1n) is 6.68.